The van der Waals surface area contributed by atoms with E-state index in [4.69, 9.17) is 4.74 Å². The lowest BCUT2D eigenvalue weighted by Gasteiger charge is -2.11. The molecule has 3 rings (SSSR count). The van der Waals surface area contributed by atoms with E-state index in [1.165, 1.54) is 14.2 Å². The zero-order chi connectivity index (χ0) is 18.1. The Labute approximate surface area is 140 Å². The smallest absolute Gasteiger partial charge is 0.329 e. The minimum Gasteiger partial charge on any atom is -0.497 e. The van der Waals surface area contributed by atoms with Crippen molar-refractivity contribution >= 4 is 11.2 Å². The molecule has 0 spiro atoms. The van der Waals surface area contributed by atoms with Gasteiger partial charge in [0.15, 0.2) is 5.52 Å². The first-order valence-corrected chi connectivity index (χ1v) is 7.45. The average molecular weight is 344 g/mol. The first-order chi connectivity index (χ1) is 11.9. The summed E-state index contributed by atoms with van der Waals surface area (Å²) >= 11 is 0. The van der Waals surface area contributed by atoms with Gasteiger partial charge in [-0.1, -0.05) is 12.1 Å². The highest BCUT2D eigenvalue weighted by molar-refractivity contribution is 5.68. The van der Waals surface area contributed by atoms with Gasteiger partial charge in [-0.25, -0.2) is 9.78 Å². The van der Waals surface area contributed by atoms with Gasteiger partial charge in [0.2, 0.25) is 0 Å². The van der Waals surface area contributed by atoms with E-state index < -0.39 is 22.9 Å². The lowest BCUT2D eigenvalue weighted by Crippen LogP contribution is -2.32. The standard InChI is InChI=1S/C16H16N4O5/c1-20-13-12(15(23)19-16(20)24)17-10(14(22)18-13)7-11(21)8-3-5-9(25-2)6-4-8/h3-6,11,21H,7H2,1-2H3,(H,18,22)(H,19,23,24). The largest absolute Gasteiger partial charge is 0.497 e. The second kappa shape index (κ2) is 6.36. The molecule has 25 heavy (non-hydrogen) atoms. The molecule has 1 atom stereocenters. The van der Waals surface area contributed by atoms with E-state index in [0.717, 1.165) is 4.57 Å². The second-order valence-electron chi connectivity index (χ2n) is 5.52. The van der Waals surface area contributed by atoms with E-state index in [1.54, 1.807) is 24.3 Å². The van der Waals surface area contributed by atoms with Gasteiger partial charge >= 0.3 is 5.69 Å². The summed E-state index contributed by atoms with van der Waals surface area (Å²) in [5, 5.41) is 10.3. The molecule has 3 N–H and O–H groups in total. The number of methoxy groups -OCH3 is 1. The van der Waals surface area contributed by atoms with E-state index in [0.29, 0.717) is 11.3 Å². The quantitative estimate of drug-likeness (QED) is 0.590. The van der Waals surface area contributed by atoms with Gasteiger partial charge in [0, 0.05) is 13.5 Å². The van der Waals surface area contributed by atoms with Crippen molar-refractivity contribution in [3.63, 3.8) is 0 Å². The van der Waals surface area contributed by atoms with Gasteiger partial charge in [-0.05, 0) is 17.7 Å². The van der Waals surface area contributed by atoms with Crippen molar-refractivity contribution in [1.82, 2.24) is 19.5 Å². The Hall–Kier alpha value is -3.20. The predicted molar refractivity (Wildman–Crippen MR) is 89.9 cm³/mol. The molecule has 0 aliphatic rings. The minimum atomic E-state index is -0.983. The number of nitrogens with one attached hydrogen (secondary N) is 2. The summed E-state index contributed by atoms with van der Waals surface area (Å²) in [6.45, 7) is 0. The Kier molecular flexibility index (Phi) is 4.24. The number of nitrogens with zero attached hydrogens (tertiary/aromatic N) is 2. The number of fused-ring (bicyclic) bond motifs is 1. The van der Waals surface area contributed by atoms with Gasteiger partial charge in [0.05, 0.1) is 13.2 Å². The van der Waals surface area contributed by atoms with Gasteiger partial charge in [-0.15, -0.1) is 0 Å². The van der Waals surface area contributed by atoms with E-state index in [9.17, 15) is 19.5 Å². The maximum absolute atomic E-state index is 12.2. The zero-order valence-corrected chi connectivity index (χ0v) is 13.6. The molecule has 0 fully saturated rings. The number of H-pyrrole nitrogens is 2. The van der Waals surface area contributed by atoms with Crippen molar-refractivity contribution in [3.8, 4) is 5.75 Å². The predicted octanol–water partition coefficient (Wildman–Crippen LogP) is -0.405. The number of aliphatic hydroxyl groups is 1. The number of rotatable bonds is 4. The van der Waals surface area contributed by atoms with Crippen molar-refractivity contribution in [2.75, 3.05) is 7.11 Å². The van der Waals surface area contributed by atoms with Crippen LogP contribution in [0.2, 0.25) is 0 Å². The minimum absolute atomic E-state index is 0.0000305. The molecule has 0 amide bonds. The van der Waals surface area contributed by atoms with Crippen LogP contribution in [0.25, 0.3) is 11.2 Å². The molecule has 2 heterocycles. The third-order valence-corrected chi connectivity index (χ3v) is 3.93. The molecule has 9 nitrogen and oxygen atoms in total. The lowest BCUT2D eigenvalue weighted by atomic mass is 10.0. The SMILES string of the molecule is COc1ccc(C(O)Cc2nc3c(=O)[nH]c(=O)n(C)c3[nH]c2=O)cc1. The van der Waals surface area contributed by atoms with Crippen LogP contribution in [0.3, 0.4) is 0 Å². The molecule has 3 aromatic rings. The van der Waals surface area contributed by atoms with E-state index in [2.05, 4.69) is 15.0 Å². The molecule has 0 aliphatic heterocycles. The number of aromatic amines is 2. The number of aromatic nitrogens is 4. The molecular formula is C16H16N4O5. The summed E-state index contributed by atoms with van der Waals surface area (Å²) in [6, 6.07) is 6.73. The van der Waals surface area contributed by atoms with Gasteiger partial charge in [-0.2, -0.15) is 0 Å². The number of aliphatic hydroxyl groups excluding tert-OH is 1. The van der Waals surface area contributed by atoms with Crippen LogP contribution >= 0.6 is 0 Å². The molecule has 130 valence electrons. The van der Waals surface area contributed by atoms with Crippen molar-refractivity contribution in [2.45, 2.75) is 12.5 Å². The van der Waals surface area contributed by atoms with Crippen molar-refractivity contribution in [2.24, 2.45) is 7.05 Å². The van der Waals surface area contributed by atoms with Crippen LogP contribution in [0.4, 0.5) is 0 Å². The van der Waals surface area contributed by atoms with Crippen LogP contribution in [-0.4, -0.2) is 31.7 Å². The summed E-state index contributed by atoms with van der Waals surface area (Å²) in [6.07, 6.45) is -1.07. The highest BCUT2D eigenvalue weighted by atomic mass is 16.5. The first-order valence-electron chi connectivity index (χ1n) is 7.45. The van der Waals surface area contributed by atoms with Crippen LogP contribution in [0.1, 0.15) is 17.4 Å². The summed E-state index contributed by atoms with van der Waals surface area (Å²) in [4.78, 5) is 44.3. The number of hydrogen-bond acceptors (Lipinski definition) is 6. The Balaban J connectivity index is 2.01. The Bertz CT molecular complexity index is 1090. The van der Waals surface area contributed by atoms with Crippen LogP contribution in [0, 0.1) is 0 Å². The van der Waals surface area contributed by atoms with E-state index >= 15 is 0 Å². The molecule has 1 aromatic carbocycles. The Morgan fingerprint density at radius 3 is 2.48 bits per heavy atom. The van der Waals surface area contributed by atoms with E-state index in [1.807, 2.05) is 0 Å². The lowest BCUT2D eigenvalue weighted by molar-refractivity contribution is 0.176. The van der Waals surface area contributed by atoms with Crippen molar-refractivity contribution < 1.29 is 9.84 Å². The Morgan fingerprint density at radius 2 is 1.84 bits per heavy atom. The maximum atomic E-state index is 12.2. The number of aryl methyl sites for hydroxylation is 1. The molecule has 2 aromatic heterocycles. The second-order valence-corrected chi connectivity index (χ2v) is 5.52. The van der Waals surface area contributed by atoms with E-state index in [-0.39, 0.29) is 23.3 Å². The third-order valence-electron chi connectivity index (χ3n) is 3.93. The summed E-state index contributed by atoms with van der Waals surface area (Å²) in [5.74, 6) is 0.644. The first kappa shape index (κ1) is 16.7. The fourth-order valence-corrected chi connectivity index (χ4v) is 2.49. The zero-order valence-electron chi connectivity index (χ0n) is 13.6. The third kappa shape index (κ3) is 3.09. The fraction of sp³-hybridized carbons (Fsp3) is 0.250. The molecule has 0 saturated heterocycles. The molecule has 1 unspecified atom stereocenters. The van der Waals surface area contributed by atoms with Crippen LogP contribution in [0.5, 0.6) is 5.75 Å². The summed E-state index contributed by atoms with van der Waals surface area (Å²) in [5.41, 5.74) is -1.38. The summed E-state index contributed by atoms with van der Waals surface area (Å²) < 4.78 is 6.15. The molecule has 0 radical (unpaired) electrons. The van der Waals surface area contributed by atoms with Crippen LogP contribution < -0.4 is 21.5 Å². The molecular weight excluding hydrogens is 328 g/mol. The molecule has 0 bridgehead atoms. The van der Waals surface area contributed by atoms with Crippen LogP contribution in [-0.2, 0) is 13.5 Å². The van der Waals surface area contributed by atoms with Gasteiger partial charge < -0.3 is 14.8 Å². The van der Waals surface area contributed by atoms with Gasteiger partial charge in [0.1, 0.15) is 17.1 Å². The highest BCUT2D eigenvalue weighted by Crippen LogP contribution is 2.19. The highest BCUT2D eigenvalue weighted by Gasteiger charge is 2.16. The molecule has 9 heteroatoms. The van der Waals surface area contributed by atoms with Crippen molar-refractivity contribution in [3.05, 3.63) is 66.7 Å². The fourth-order valence-electron chi connectivity index (χ4n) is 2.49. The Morgan fingerprint density at radius 1 is 1.16 bits per heavy atom. The average Bonchev–Trinajstić information content (AvgIpc) is 2.61. The van der Waals surface area contributed by atoms with Crippen LogP contribution in [0.15, 0.2) is 38.6 Å². The van der Waals surface area contributed by atoms with Crippen molar-refractivity contribution in [1.29, 1.82) is 0 Å². The summed E-state index contributed by atoms with van der Waals surface area (Å²) in [7, 11) is 2.94. The monoisotopic (exact) mass is 344 g/mol. The number of ether oxygens (including phenoxy) is 1. The number of benzene rings is 1. The van der Waals surface area contributed by atoms with Gasteiger partial charge in [0.25, 0.3) is 11.1 Å². The molecule has 0 aliphatic carbocycles. The topological polar surface area (TPSA) is 130 Å². The normalized spacial score (nSPS) is 12.3. The maximum Gasteiger partial charge on any atom is 0.329 e. The molecule has 0 saturated carbocycles. The van der Waals surface area contributed by atoms with Gasteiger partial charge in [-0.3, -0.25) is 19.1 Å². The number of hydrogen-bond donors (Lipinski definition) is 3.